The first-order valence-corrected chi connectivity index (χ1v) is 18.9. The van der Waals surface area contributed by atoms with Crippen LogP contribution >= 0.6 is 0 Å². The van der Waals surface area contributed by atoms with E-state index in [-0.39, 0.29) is 42.9 Å². The maximum Gasteiger partial charge on any atom is 0.262 e. The van der Waals surface area contributed by atoms with E-state index in [9.17, 15) is 20.1 Å². The number of anilines is 1. The molecule has 1 saturated carbocycles. The van der Waals surface area contributed by atoms with E-state index < -0.39 is 11.7 Å². The molecule has 3 aromatic carbocycles. The molecule has 4 atom stereocenters. The number of aromatic hydroxyl groups is 1. The van der Waals surface area contributed by atoms with Crippen LogP contribution in [0.1, 0.15) is 80.7 Å². The van der Waals surface area contributed by atoms with Gasteiger partial charge in [-0.05, 0) is 55.0 Å². The van der Waals surface area contributed by atoms with Crippen LogP contribution < -0.4 is 20.1 Å². The van der Waals surface area contributed by atoms with Crippen molar-refractivity contribution in [3.63, 3.8) is 0 Å². The molecule has 274 valence electrons. The van der Waals surface area contributed by atoms with Crippen LogP contribution in [0.3, 0.4) is 0 Å². The molecule has 3 saturated heterocycles. The summed E-state index contributed by atoms with van der Waals surface area (Å²) >= 11 is 0. The fourth-order valence-corrected chi connectivity index (χ4v) is 8.95. The first-order chi connectivity index (χ1) is 24.7. The van der Waals surface area contributed by atoms with Gasteiger partial charge in [-0.25, -0.2) is 0 Å². The minimum Gasteiger partial charge on any atom is -0.508 e. The van der Waals surface area contributed by atoms with Gasteiger partial charge in [-0.1, -0.05) is 55.3 Å². The highest BCUT2D eigenvalue weighted by Gasteiger charge is 2.48. The summed E-state index contributed by atoms with van der Waals surface area (Å²) in [5, 5.41) is 39.1. The number of piperidine rings is 3. The van der Waals surface area contributed by atoms with Crippen LogP contribution in [0.5, 0.6) is 17.2 Å². The van der Waals surface area contributed by atoms with Gasteiger partial charge in [0.25, 0.3) is 5.91 Å². The topological polar surface area (TPSA) is 130 Å². The van der Waals surface area contributed by atoms with E-state index >= 15 is 0 Å². The first kappa shape index (κ1) is 35.7. The normalized spacial score (nSPS) is 25.4. The fourth-order valence-electron chi connectivity index (χ4n) is 8.95. The monoisotopic (exact) mass is 700 g/mol. The Morgan fingerprint density at radius 1 is 1.04 bits per heavy atom. The predicted molar refractivity (Wildman–Crippen MR) is 195 cm³/mol. The molecule has 51 heavy (non-hydrogen) atoms. The molecule has 3 aromatic rings. The lowest BCUT2D eigenvalue weighted by atomic mass is 9.80. The van der Waals surface area contributed by atoms with Gasteiger partial charge in [0, 0.05) is 49.4 Å². The highest BCUT2D eigenvalue weighted by Crippen LogP contribution is 2.43. The van der Waals surface area contributed by atoms with E-state index in [2.05, 4.69) is 22.8 Å². The molecular formula is C41H54N3O7+. The zero-order valence-corrected chi connectivity index (χ0v) is 29.8. The lowest BCUT2D eigenvalue weighted by Gasteiger charge is -2.53. The number of carbonyl (C=O) groups is 1. The van der Waals surface area contributed by atoms with Crippen molar-refractivity contribution in [3.8, 4) is 17.2 Å². The highest BCUT2D eigenvalue weighted by molar-refractivity contribution is 5.96. The van der Waals surface area contributed by atoms with Gasteiger partial charge < -0.3 is 44.6 Å². The Bertz CT molecular complexity index is 1620. The Kier molecular flexibility index (Phi) is 10.9. The third kappa shape index (κ3) is 8.05. The maximum absolute atomic E-state index is 12.0. The standard InChI is InChI=1S/C41H53N3O7/c1-28(42-24-37(46)35-22-33(45)23-36-40(35)50-26-39(47)43-36)29-12-14-34(15-13-29)49-21-7-18-44-19-16-30(17-20-44)38(25-44)51-27-41(48,32-10-5-6-11-32)31-8-3-2-4-9-31/h2-4,8-9,12-15,22-23,28,30,32,37-38,42,46,48H,5-7,10-11,16-21,24-27H2,1H3,(H-,43,45,47)/p+1/t28?,30?,37-,38-,41?,44?/m0/s1. The molecule has 2 bridgehead atoms. The van der Waals surface area contributed by atoms with Gasteiger partial charge in [0.15, 0.2) is 6.61 Å². The number of fused-ring (bicyclic) bond motifs is 4. The van der Waals surface area contributed by atoms with Crippen molar-refractivity contribution in [3.05, 3.63) is 83.4 Å². The van der Waals surface area contributed by atoms with Crippen molar-refractivity contribution in [2.75, 3.05) is 57.9 Å². The molecular weight excluding hydrogens is 646 g/mol. The average molecular weight is 701 g/mol. The van der Waals surface area contributed by atoms with E-state index in [1.54, 1.807) is 0 Å². The van der Waals surface area contributed by atoms with Crippen molar-refractivity contribution in [2.45, 2.75) is 75.7 Å². The van der Waals surface area contributed by atoms with Crippen LogP contribution in [0.25, 0.3) is 0 Å². The predicted octanol–water partition coefficient (Wildman–Crippen LogP) is 5.58. The molecule has 0 radical (unpaired) electrons. The summed E-state index contributed by atoms with van der Waals surface area (Å²) < 4.78 is 19.5. The Balaban J connectivity index is 0.868. The molecule has 1 aliphatic carbocycles. The number of nitrogens with zero attached hydrogens (tertiary/aromatic N) is 1. The lowest BCUT2D eigenvalue weighted by molar-refractivity contribution is -0.946. The van der Waals surface area contributed by atoms with Gasteiger partial charge >= 0.3 is 0 Å². The smallest absolute Gasteiger partial charge is 0.262 e. The lowest BCUT2D eigenvalue weighted by Crippen LogP contribution is -2.65. The zero-order chi connectivity index (χ0) is 35.4. The van der Waals surface area contributed by atoms with Crippen molar-refractivity contribution >= 4 is 11.6 Å². The van der Waals surface area contributed by atoms with Gasteiger partial charge in [0.2, 0.25) is 0 Å². The summed E-state index contributed by atoms with van der Waals surface area (Å²) in [6.45, 7) is 7.64. The summed E-state index contributed by atoms with van der Waals surface area (Å²) in [6, 6.07) is 21.1. The Labute approximate surface area is 301 Å². The summed E-state index contributed by atoms with van der Waals surface area (Å²) in [6.07, 6.45) is 7.08. The highest BCUT2D eigenvalue weighted by atomic mass is 16.5. The van der Waals surface area contributed by atoms with Crippen molar-refractivity contribution in [1.82, 2.24) is 5.32 Å². The van der Waals surface area contributed by atoms with Gasteiger partial charge in [0.1, 0.15) is 35.5 Å². The molecule has 8 rings (SSSR count). The van der Waals surface area contributed by atoms with Crippen molar-refractivity contribution in [1.29, 1.82) is 0 Å². The second-order valence-corrected chi connectivity index (χ2v) is 15.3. The van der Waals surface area contributed by atoms with Crippen molar-refractivity contribution in [2.24, 2.45) is 11.8 Å². The van der Waals surface area contributed by atoms with Crippen LogP contribution in [0.2, 0.25) is 0 Å². The molecule has 5 aliphatic rings. The van der Waals surface area contributed by atoms with Crippen LogP contribution in [0.4, 0.5) is 5.69 Å². The third-order valence-electron chi connectivity index (χ3n) is 12.0. The number of benzene rings is 3. The van der Waals surface area contributed by atoms with Crippen molar-refractivity contribution < 1.29 is 38.8 Å². The Morgan fingerprint density at radius 3 is 2.53 bits per heavy atom. The van der Waals surface area contributed by atoms with Crippen LogP contribution in [-0.4, -0.2) is 84.4 Å². The number of aliphatic hydroxyl groups excluding tert-OH is 1. The summed E-state index contributed by atoms with van der Waals surface area (Å²) in [5.74, 6) is 1.70. The number of aliphatic hydroxyl groups is 2. The molecule has 0 spiro atoms. The molecule has 4 aliphatic heterocycles. The number of rotatable bonds is 15. The molecule has 4 fully saturated rings. The molecule has 5 N–H and O–H groups in total. The van der Waals surface area contributed by atoms with E-state index in [0.29, 0.717) is 36.1 Å². The summed E-state index contributed by atoms with van der Waals surface area (Å²) in [7, 11) is 0. The van der Waals surface area contributed by atoms with E-state index in [1.807, 2.05) is 49.4 Å². The Hall–Kier alpha value is -3.67. The van der Waals surface area contributed by atoms with E-state index in [1.165, 1.54) is 50.9 Å². The minimum absolute atomic E-state index is 0.0442. The number of ether oxygens (including phenoxy) is 3. The molecule has 0 aromatic heterocycles. The van der Waals surface area contributed by atoms with Gasteiger partial charge in [-0.3, -0.25) is 4.79 Å². The Morgan fingerprint density at radius 2 is 1.78 bits per heavy atom. The number of amides is 1. The maximum atomic E-state index is 12.0. The fraction of sp³-hybridized carbons (Fsp3) is 0.537. The van der Waals surface area contributed by atoms with E-state index in [4.69, 9.17) is 14.2 Å². The molecule has 10 nitrogen and oxygen atoms in total. The van der Waals surface area contributed by atoms with Crippen LogP contribution in [0, 0.1) is 11.8 Å². The number of hydrogen-bond acceptors (Lipinski definition) is 8. The minimum atomic E-state index is -0.945. The number of phenols is 1. The number of carbonyl (C=O) groups excluding carboxylic acids is 1. The zero-order valence-electron chi connectivity index (χ0n) is 29.8. The summed E-state index contributed by atoms with van der Waals surface area (Å²) in [5.41, 5.74) is 1.91. The van der Waals surface area contributed by atoms with Crippen LogP contribution in [0.15, 0.2) is 66.7 Å². The molecule has 10 heteroatoms. The average Bonchev–Trinajstić information content (AvgIpc) is 3.71. The number of nitrogens with one attached hydrogen (secondary N) is 2. The summed E-state index contributed by atoms with van der Waals surface area (Å²) in [4.78, 5) is 11.7. The largest absolute Gasteiger partial charge is 0.508 e. The van der Waals surface area contributed by atoms with E-state index in [0.717, 1.165) is 53.7 Å². The van der Waals surface area contributed by atoms with Gasteiger partial charge in [-0.2, -0.15) is 0 Å². The number of quaternary nitrogens is 1. The second-order valence-electron chi connectivity index (χ2n) is 15.3. The second kappa shape index (κ2) is 15.5. The van der Waals surface area contributed by atoms with Crippen LogP contribution in [-0.2, 0) is 15.1 Å². The third-order valence-corrected chi connectivity index (χ3v) is 12.0. The SMILES string of the molecule is CC(NC[C@H](O)c1cc(O)cc2c1OCC(=O)N2)c1ccc(OCCC[N+]23CCC(CC2)[C@@H](OCC(O)(c2ccccc2)C2CCCC2)C3)cc1. The number of hydrogen-bond donors (Lipinski definition) is 5. The molecule has 4 heterocycles. The van der Waals surface area contributed by atoms with Gasteiger partial charge in [-0.15, -0.1) is 0 Å². The number of phenolic OH excluding ortho intramolecular Hbond substituents is 1. The van der Waals surface area contributed by atoms with Gasteiger partial charge in [0.05, 0.1) is 44.6 Å². The quantitative estimate of drug-likeness (QED) is 0.103. The molecule has 1 amide bonds. The molecule has 2 unspecified atom stereocenters. The first-order valence-electron chi connectivity index (χ1n) is 18.9.